The van der Waals surface area contributed by atoms with E-state index >= 15 is 0 Å². The number of aromatic nitrogens is 2. The van der Waals surface area contributed by atoms with Crippen LogP contribution in [0.3, 0.4) is 0 Å². The van der Waals surface area contributed by atoms with Gasteiger partial charge in [0.1, 0.15) is 5.75 Å². The summed E-state index contributed by atoms with van der Waals surface area (Å²) in [6, 6.07) is 7.15. The smallest absolute Gasteiger partial charge is 0.272 e. The highest BCUT2D eigenvalue weighted by atomic mass is 16.5. The van der Waals surface area contributed by atoms with Crippen LogP contribution in [-0.2, 0) is 7.05 Å². The molecule has 2 aromatic rings. The lowest BCUT2D eigenvalue weighted by Crippen LogP contribution is -2.55. The Balaban J connectivity index is 1.55. The molecule has 1 N–H and O–H groups in total. The predicted octanol–water partition coefficient (Wildman–Crippen LogP) is 2.33. The number of hydrogen-bond acceptors (Lipinski definition) is 4. The fraction of sp³-hybridized carbons (Fsp3) is 0.579. The molecule has 1 aromatic heterocycles. The minimum absolute atomic E-state index is 0.0663. The number of rotatable bonds is 3. The van der Waals surface area contributed by atoms with E-state index in [4.69, 9.17) is 4.74 Å². The molecule has 1 aromatic carbocycles. The second-order valence-corrected chi connectivity index (χ2v) is 7.40. The highest BCUT2D eigenvalue weighted by Crippen LogP contribution is 2.33. The summed E-state index contributed by atoms with van der Waals surface area (Å²) < 4.78 is 7.02. The fourth-order valence-corrected chi connectivity index (χ4v) is 4.52. The van der Waals surface area contributed by atoms with Gasteiger partial charge in [0, 0.05) is 36.6 Å². The summed E-state index contributed by atoms with van der Waals surface area (Å²) >= 11 is 0. The van der Waals surface area contributed by atoms with Gasteiger partial charge in [-0.15, -0.1) is 0 Å². The van der Waals surface area contributed by atoms with Crippen molar-refractivity contribution in [2.75, 3.05) is 14.2 Å². The van der Waals surface area contributed by atoms with E-state index in [-0.39, 0.29) is 11.9 Å². The molecule has 3 atom stereocenters. The van der Waals surface area contributed by atoms with Crippen molar-refractivity contribution < 1.29 is 9.53 Å². The number of nitrogens with zero attached hydrogens (tertiary/aromatic N) is 3. The van der Waals surface area contributed by atoms with Gasteiger partial charge in [-0.3, -0.25) is 9.48 Å². The van der Waals surface area contributed by atoms with Gasteiger partial charge in [0.05, 0.1) is 12.6 Å². The standard InChI is InChI=1S/C19H26N4O2/c1-22-13-5-4-6-14(22)10-12(9-13)20-19(24)18-16-8-7-15(25-3)11-17(16)23(2)21-18/h7-8,11-14H,4-6,9-10H2,1-3H3,(H,20,24)/t12?,13-,14+. The third kappa shape index (κ3) is 2.88. The lowest BCUT2D eigenvalue weighted by Gasteiger charge is -2.47. The Hall–Kier alpha value is -2.08. The van der Waals surface area contributed by atoms with Crippen LogP contribution in [0.15, 0.2) is 18.2 Å². The van der Waals surface area contributed by atoms with E-state index in [1.54, 1.807) is 11.8 Å². The van der Waals surface area contributed by atoms with E-state index < -0.39 is 0 Å². The minimum atomic E-state index is -0.0663. The summed E-state index contributed by atoms with van der Waals surface area (Å²) in [7, 11) is 5.73. The van der Waals surface area contributed by atoms with Crippen LogP contribution in [0, 0.1) is 0 Å². The zero-order valence-corrected chi connectivity index (χ0v) is 15.2. The summed E-state index contributed by atoms with van der Waals surface area (Å²) in [4.78, 5) is 15.4. The van der Waals surface area contributed by atoms with Crippen molar-refractivity contribution in [3.63, 3.8) is 0 Å². The Labute approximate surface area is 148 Å². The quantitative estimate of drug-likeness (QED) is 0.930. The molecular formula is C19H26N4O2. The van der Waals surface area contributed by atoms with Gasteiger partial charge in [0.25, 0.3) is 5.91 Å². The molecule has 0 spiro atoms. The van der Waals surface area contributed by atoms with Crippen LogP contribution in [0.1, 0.15) is 42.6 Å². The molecule has 2 saturated heterocycles. The topological polar surface area (TPSA) is 59.4 Å². The molecule has 2 fully saturated rings. The third-order valence-electron chi connectivity index (χ3n) is 5.95. The number of carbonyl (C=O) groups is 1. The van der Waals surface area contributed by atoms with Gasteiger partial charge in [-0.1, -0.05) is 6.42 Å². The molecule has 4 rings (SSSR count). The van der Waals surface area contributed by atoms with Crippen molar-refractivity contribution in [3.8, 4) is 5.75 Å². The van der Waals surface area contributed by atoms with Crippen molar-refractivity contribution in [1.29, 1.82) is 0 Å². The summed E-state index contributed by atoms with van der Waals surface area (Å²) in [5, 5.41) is 8.57. The number of benzene rings is 1. The average molecular weight is 342 g/mol. The number of fused-ring (bicyclic) bond motifs is 3. The molecule has 1 unspecified atom stereocenters. The second-order valence-electron chi connectivity index (χ2n) is 7.40. The SMILES string of the molecule is COc1ccc2c(C(=O)NC3C[C@H]4CCC[C@@H](C3)N4C)nn(C)c2c1. The van der Waals surface area contributed by atoms with Crippen LogP contribution in [0.5, 0.6) is 5.75 Å². The molecule has 2 aliphatic heterocycles. The number of piperidine rings is 2. The van der Waals surface area contributed by atoms with Crippen molar-refractivity contribution in [2.45, 2.75) is 50.2 Å². The van der Waals surface area contributed by atoms with E-state index in [9.17, 15) is 4.79 Å². The van der Waals surface area contributed by atoms with Gasteiger partial charge in [-0.2, -0.15) is 5.10 Å². The van der Waals surface area contributed by atoms with Crippen LogP contribution in [0.2, 0.25) is 0 Å². The maximum atomic E-state index is 12.9. The normalized spacial score (nSPS) is 26.6. The van der Waals surface area contributed by atoms with Crippen molar-refractivity contribution >= 4 is 16.8 Å². The largest absolute Gasteiger partial charge is 0.497 e. The molecule has 6 nitrogen and oxygen atoms in total. The number of carbonyl (C=O) groups excluding carboxylic acids is 1. The Morgan fingerprint density at radius 2 is 1.96 bits per heavy atom. The zero-order chi connectivity index (χ0) is 17.6. The molecule has 0 aliphatic carbocycles. The number of hydrogen-bond donors (Lipinski definition) is 1. The van der Waals surface area contributed by atoms with Crippen LogP contribution in [-0.4, -0.2) is 52.9 Å². The summed E-state index contributed by atoms with van der Waals surface area (Å²) in [6.45, 7) is 0. The first-order valence-electron chi connectivity index (χ1n) is 9.10. The van der Waals surface area contributed by atoms with Crippen LogP contribution in [0.4, 0.5) is 0 Å². The lowest BCUT2D eigenvalue weighted by molar-refractivity contribution is 0.0462. The van der Waals surface area contributed by atoms with E-state index in [0.29, 0.717) is 17.8 Å². The van der Waals surface area contributed by atoms with Crippen LogP contribution >= 0.6 is 0 Å². The molecular weight excluding hydrogens is 316 g/mol. The van der Waals surface area contributed by atoms with E-state index in [2.05, 4.69) is 22.4 Å². The molecule has 0 radical (unpaired) electrons. The van der Waals surface area contributed by atoms with E-state index in [1.165, 1.54) is 19.3 Å². The Bertz CT molecular complexity index is 786. The first-order valence-corrected chi connectivity index (χ1v) is 9.10. The molecule has 2 aliphatic rings. The van der Waals surface area contributed by atoms with Crippen molar-refractivity contribution in [1.82, 2.24) is 20.0 Å². The maximum Gasteiger partial charge on any atom is 0.272 e. The van der Waals surface area contributed by atoms with Crippen molar-refractivity contribution in [2.24, 2.45) is 7.05 Å². The first kappa shape index (κ1) is 16.4. The number of ether oxygens (including phenoxy) is 1. The van der Waals surface area contributed by atoms with Gasteiger partial charge < -0.3 is 15.0 Å². The van der Waals surface area contributed by atoms with E-state index in [0.717, 1.165) is 29.5 Å². The lowest BCUT2D eigenvalue weighted by atomic mass is 9.82. The maximum absolute atomic E-state index is 12.9. The molecule has 0 saturated carbocycles. The molecule has 25 heavy (non-hydrogen) atoms. The number of nitrogens with one attached hydrogen (secondary N) is 1. The zero-order valence-electron chi connectivity index (χ0n) is 15.2. The number of aryl methyl sites for hydroxylation is 1. The van der Waals surface area contributed by atoms with Crippen LogP contribution in [0.25, 0.3) is 10.9 Å². The Morgan fingerprint density at radius 3 is 2.64 bits per heavy atom. The summed E-state index contributed by atoms with van der Waals surface area (Å²) in [6.07, 6.45) is 5.87. The molecule has 3 heterocycles. The second kappa shape index (κ2) is 6.33. The Morgan fingerprint density at radius 1 is 1.24 bits per heavy atom. The van der Waals surface area contributed by atoms with Gasteiger partial charge in [-0.05, 0) is 44.9 Å². The van der Waals surface area contributed by atoms with E-state index in [1.807, 2.05) is 25.2 Å². The molecule has 2 bridgehead atoms. The van der Waals surface area contributed by atoms with Gasteiger partial charge in [-0.25, -0.2) is 0 Å². The highest BCUT2D eigenvalue weighted by molar-refractivity contribution is 6.05. The van der Waals surface area contributed by atoms with Gasteiger partial charge >= 0.3 is 0 Å². The molecule has 6 heteroatoms. The number of amides is 1. The summed E-state index contributed by atoms with van der Waals surface area (Å²) in [5.41, 5.74) is 1.41. The minimum Gasteiger partial charge on any atom is -0.497 e. The highest BCUT2D eigenvalue weighted by Gasteiger charge is 2.36. The van der Waals surface area contributed by atoms with Gasteiger partial charge in [0.15, 0.2) is 5.69 Å². The Kier molecular flexibility index (Phi) is 4.15. The fourth-order valence-electron chi connectivity index (χ4n) is 4.52. The number of methoxy groups -OCH3 is 1. The van der Waals surface area contributed by atoms with Crippen LogP contribution < -0.4 is 10.1 Å². The summed E-state index contributed by atoms with van der Waals surface area (Å²) in [5.74, 6) is 0.703. The predicted molar refractivity (Wildman–Crippen MR) is 96.9 cm³/mol. The van der Waals surface area contributed by atoms with Gasteiger partial charge in [0.2, 0.25) is 0 Å². The monoisotopic (exact) mass is 342 g/mol. The molecule has 134 valence electrons. The average Bonchev–Trinajstić information content (AvgIpc) is 2.92. The van der Waals surface area contributed by atoms with Crippen molar-refractivity contribution in [3.05, 3.63) is 23.9 Å². The first-order chi connectivity index (χ1) is 12.1. The molecule has 1 amide bonds. The third-order valence-corrected chi connectivity index (χ3v) is 5.95.